The molecule has 7 heteroatoms. The van der Waals surface area contributed by atoms with E-state index in [4.69, 9.17) is 21.4 Å². The van der Waals surface area contributed by atoms with Crippen LogP contribution in [0.25, 0.3) is 10.9 Å². The lowest BCUT2D eigenvalue weighted by Gasteiger charge is -2.13. The van der Waals surface area contributed by atoms with E-state index in [0.29, 0.717) is 46.4 Å². The number of hydrogen-bond donors (Lipinski definition) is 1. The van der Waals surface area contributed by atoms with Crippen molar-refractivity contribution in [2.45, 2.75) is 18.1 Å². The van der Waals surface area contributed by atoms with Crippen molar-refractivity contribution in [1.82, 2.24) is 9.55 Å². The third-order valence-electron chi connectivity index (χ3n) is 3.76. The quantitative estimate of drug-likeness (QED) is 0.361. The fourth-order valence-electron chi connectivity index (χ4n) is 2.51. The van der Waals surface area contributed by atoms with Crippen LogP contribution >= 0.6 is 23.4 Å². The predicted molar refractivity (Wildman–Crippen MR) is 105 cm³/mol. The van der Waals surface area contributed by atoms with Crippen LogP contribution in [0.4, 0.5) is 0 Å². The van der Waals surface area contributed by atoms with Crippen molar-refractivity contribution in [3.63, 3.8) is 0 Å². The highest BCUT2D eigenvalue weighted by atomic mass is 35.5. The molecule has 0 saturated heterocycles. The summed E-state index contributed by atoms with van der Waals surface area (Å²) in [7, 11) is 0. The van der Waals surface area contributed by atoms with E-state index in [-0.39, 0.29) is 12.2 Å². The van der Waals surface area contributed by atoms with E-state index in [1.165, 1.54) is 11.8 Å². The highest BCUT2D eigenvalue weighted by Gasteiger charge is 2.11. The van der Waals surface area contributed by atoms with E-state index in [2.05, 4.69) is 4.98 Å². The minimum absolute atomic E-state index is 0.0308. The van der Waals surface area contributed by atoms with Crippen LogP contribution in [0.3, 0.4) is 0 Å². The molecular formula is C19H19ClN2O3S. The van der Waals surface area contributed by atoms with Crippen molar-refractivity contribution >= 4 is 34.3 Å². The summed E-state index contributed by atoms with van der Waals surface area (Å²) in [5.41, 5.74) is 0.601. The van der Waals surface area contributed by atoms with E-state index < -0.39 is 0 Å². The Balaban J connectivity index is 1.73. The third-order valence-corrected chi connectivity index (χ3v) is 4.96. The molecule has 3 aromatic rings. The molecule has 0 unspecified atom stereocenters. The van der Waals surface area contributed by atoms with Gasteiger partial charge in [-0.15, -0.1) is 0 Å². The Hall–Kier alpha value is -2.02. The average molecular weight is 391 g/mol. The number of nitrogens with zero attached hydrogens (tertiary/aromatic N) is 2. The van der Waals surface area contributed by atoms with Gasteiger partial charge >= 0.3 is 0 Å². The smallest absolute Gasteiger partial charge is 0.262 e. The number of para-hydroxylation sites is 1. The van der Waals surface area contributed by atoms with Crippen LogP contribution in [0.1, 0.15) is 6.42 Å². The Kier molecular flexibility index (Phi) is 6.55. The van der Waals surface area contributed by atoms with Crippen LogP contribution in [0, 0.1) is 0 Å². The van der Waals surface area contributed by atoms with E-state index >= 15 is 0 Å². The van der Waals surface area contributed by atoms with Gasteiger partial charge in [-0.1, -0.05) is 35.5 Å². The molecule has 0 aliphatic rings. The highest BCUT2D eigenvalue weighted by molar-refractivity contribution is 7.99. The largest absolute Gasteiger partial charge is 0.493 e. The molecule has 1 aromatic heterocycles. The second-order valence-corrected chi connectivity index (χ2v) is 7.09. The Morgan fingerprint density at radius 2 is 1.92 bits per heavy atom. The van der Waals surface area contributed by atoms with Crippen molar-refractivity contribution < 1.29 is 9.84 Å². The van der Waals surface area contributed by atoms with Gasteiger partial charge in [0.2, 0.25) is 0 Å². The Labute approximate surface area is 160 Å². The van der Waals surface area contributed by atoms with Gasteiger partial charge in [-0.2, -0.15) is 0 Å². The first-order chi connectivity index (χ1) is 12.7. The number of aliphatic hydroxyl groups excluding tert-OH is 1. The number of halogens is 1. The molecule has 1 N–H and O–H groups in total. The first-order valence-corrected chi connectivity index (χ1v) is 9.67. The van der Waals surface area contributed by atoms with Gasteiger partial charge in [0, 0.05) is 23.9 Å². The average Bonchev–Trinajstić information content (AvgIpc) is 2.66. The summed E-state index contributed by atoms with van der Waals surface area (Å²) in [5, 5.41) is 11.0. The van der Waals surface area contributed by atoms with Gasteiger partial charge in [0.05, 0.1) is 17.5 Å². The molecule has 0 aliphatic carbocycles. The number of aliphatic hydroxyl groups is 1. The zero-order valence-corrected chi connectivity index (χ0v) is 15.7. The van der Waals surface area contributed by atoms with E-state index in [0.717, 1.165) is 5.75 Å². The predicted octanol–water partition coefficient (Wildman–Crippen LogP) is 3.60. The monoisotopic (exact) mass is 390 g/mol. The van der Waals surface area contributed by atoms with E-state index in [1.54, 1.807) is 22.8 Å². The first-order valence-electron chi connectivity index (χ1n) is 8.30. The van der Waals surface area contributed by atoms with Crippen molar-refractivity contribution in [3.8, 4) is 5.75 Å². The van der Waals surface area contributed by atoms with Crippen molar-refractivity contribution in [2.75, 3.05) is 19.0 Å². The second-order valence-electron chi connectivity index (χ2n) is 5.60. The molecule has 0 amide bonds. The van der Waals surface area contributed by atoms with Crippen LogP contribution in [0.15, 0.2) is 58.5 Å². The fourth-order valence-corrected chi connectivity index (χ4v) is 3.48. The third kappa shape index (κ3) is 4.58. The molecule has 3 rings (SSSR count). The number of hydrogen-bond acceptors (Lipinski definition) is 5. The van der Waals surface area contributed by atoms with Crippen LogP contribution < -0.4 is 10.3 Å². The van der Waals surface area contributed by atoms with Gasteiger partial charge in [0.25, 0.3) is 5.56 Å². The van der Waals surface area contributed by atoms with Crippen molar-refractivity contribution in [3.05, 3.63) is 63.9 Å². The standard InChI is InChI=1S/C19H19ClN2O3S/c20-14-6-8-15(9-7-14)25-12-13-26-19-21-17-5-2-1-4-16(17)18(24)22(19)10-3-11-23/h1-2,4-9,23H,3,10-13H2. The van der Waals surface area contributed by atoms with E-state index in [1.807, 2.05) is 30.3 Å². The van der Waals surface area contributed by atoms with Crippen LogP contribution in [0.5, 0.6) is 5.75 Å². The lowest BCUT2D eigenvalue weighted by molar-refractivity contribution is 0.276. The normalized spacial score (nSPS) is 11.0. The maximum atomic E-state index is 12.7. The molecule has 0 aliphatic heterocycles. The first kappa shape index (κ1) is 18.8. The number of thioether (sulfide) groups is 1. The molecule has 0 saturated carbocycles. The zero-order chi connectivity index (χ0) is 18.4. The summed E-state index contributed by atoms with van der Waals surface area (Å²) in [5.74, 6) is 1.39. The maximum absolute atomic E-state index is 12.7. The lowest BCUT2D eigenvalue weighted by atomic mass is 10.2. The van der Waals surface area contributed by atoms with Gasteiger partial charge in [-0.25, -0.2) is 4.98 Å². The minimum Gasteiger partial charge on any atom is -0.493 e. The number of benzene rings is 2. The molecule has 5 nitrogen and oxygen atoms in total. The van der Waals surface area contributed by atoms with Gasteiger partial charge in [-0.3, -0.25) is 9.36 Å². The molecule has 0 spiro atoms. The molecule has 0 bridgehead atoms. The van der Waals surface area contributed by atoms with Gasteiger partial charge in [0.1, 0.15) is 5.75 Å². The molecule has 2 aromatic carbocycles. The van der Waals surface area contributed by atoms with Crippen molar-refractivity contribution in [1.29, 1.82) is 0 Å². The number of fused-ring (bicyclic) bond motifs is 1. The molecular weight excluding hydrogens is 372 g/mol. The van der Waals surface area contributed by atoms with Gasteiger partial charge in [0.15, 0.2) is 5.16 Å². The summed E-state index contributed by atoms with van der Waals surface area (Å²) in [4.78, 5) is 17.3. The highest BCUT2D eigenvalue weighted by Crippen LogP contribution is 2.19. The SMILES string of the molecule is O=c1c2ccccc2nc(SCCOc2ccc(Cl)cc2)n1CCCO. The van der Waals surface area contributed by atoms with Crippen molar-refractivity contribution in [2.24, 2.45) is 0 Å². The van der Waals surface area contributed by atoms with E-state index in [9.17, 15) is 4.79 Å². The minimum atomic E-state index is -0.0785. The summed E-state index contributed by atoms with van der Waals surface area (Å²) >= 11 is 7.32. The number of aromatic nitrogens is 2. The summed E-state index contributed by atoms with van der Waals surface area (Å²) < 4.78 is 7.32. The zero-order valence-electron chi connectivity index (χ0n) is 14.1. The molecule has 1 heterocycles. The summed E-state index contributed by atoms with van der Waals surface area (Å²) in [6.45, 7) is 0.950. The Morgan fingerprint density at radius 1 is 1.15 bits per heavy atom. The molecule has 0 atom stereocenters. The number of ether oxygens (including phenoxy) is 1. The summed E-state index contributed by atoms with van der Waals surface area (Å²) in [6.07, 6.45) is 0.509. The topological polar surface area (TPSA) is 64.3 Å². The van der Waals surface area contributed by atoms with Gasteiger partial charge < -0.3 is 9.84 Å². The second kappa shape index (κ2) is 9.07. The summed E-state index contributed by atoms with van der Waals surface area (Å²) in [6, 6.07) is 14.5. The van der Waals surface area contributed by atoms with Crippen LogP contribution in [0.2, 0.25) is 5.02 Å². The van der Waals surface area contributed by atoms with Gasteiger partial charge in [-0.05, 0) is 42.8 Å². The number of rotatable bonds is 8. The van der Waals surface area contributed by atoms with Crippen LogP contribution in [-0.4, -0.2) is 33.6 Å². The lowest BCUT2D eigenvalue weighted by Crippen LogP contribution is -2.24. The Bertz CT molecular complexity index is 928. The molecule has 26 heavy (non-hydrogen) atoms. The Morgan fingerprint density at radius 3 is 2.69 bits per heavy atom. The van der Waals surface area contributed by atoms with Crippen LogP contribution in [-0.2, 0) is 6.54 Å². The fraction of sp³-hybridized carbons (Fsp3) is 0.263. The molecule has 0 radical (unpaired) electrons. The maximum Gasteiger partial charge on any atom is 0.262 e. The molecule has 136 valence electrons. The molecule has 0 fully saturated rings.